The molecule has 0 saturated heterocycles. The first-order valence-corrected chi connectivity index (χ1v) is 5.24. The monoisotopic (exact) mass is 230 g/mol. The SMILES string of the molecule is Nc1cnc(Cl)nc1NCCCCCO. The van der Waals surface area contributed by atoms with E-state index in [2.05, 4.69) is 15.3 Å². The van der Waals surface area contributed by atoms with E-state index < -0.39 is 0 Å². The van der Waals surface area contributed by atoms with E-state index in [0.29, 0.717) is 11.5 Å². The molecule has 15 heavy (non-hydrogen) atoms. The molecule has 0 saturated carbocycles. The Morgan fingerprint density at radius 2 is 2.20 bits per heavy atom. The van der Waals surface area contributed by atoms with Crippen LogP contribution in [0.15, 0.2) is 6.20 Å². The number of anilines is 2. The molecule has 0 aliphatic rings. The summed E-state index contributed by atoms with van der Waals surface area (Å²) in [5.74, 6) is 0.569. The van der Waals surface area contributed by atoms with Gasteiger partial charge in [0.15, 0.2) is 5.82 Å². The Morgan fingerprint density at radius 1 is 1.40 bits per heavy atom. The van der Waals surface area contributed by atoms with Crippen molar-refractivity contribution in [3.63, 3.8) is 0 Å². The van der Waals surface area contributed by atoms with E-state index in [4.69, 9.17) is 22.4 Å². The van der Waals surface area contributed by atoms with E-state index >= 15 is 0 Å². The van der Waals surface area contributed by atoms with Crippen LogP contribution in [0.2, 0.25) is 5.28 Å². The van der Waals surface area contributed by atoms with Crippen LogP contribution >= 0.6 is 11.6 Å². The Bertz CT molecular complexity index is 308. The Balaban J connectivity index is 2.33. The highest BCUT2D eigenvalue weighted by Gasteiger charge is 2.01. The molecule has 0 radical (unpaired) electrons. The first-order valence-electron chi connectivity index (χ1n) is 4.87. The van der Waals surface area contributed by atoms with Crippen LogP contribution in [0.5, 0.6) is 0 Å². The fourth-order valence-corrected chi connectivity index (χ4v) is 1.26. The Labute approximate surface area is 93.7 Å². The minimum absolute atomic E-state index is 0.182. The Hall–Kier alpha value is -1.07. The number of aliphatic hydroxyl groups excluding tert-OH is 1. The fraction of sp³-hybridized carbons (Fsp3) is 0.556. The van der Waals surface area contributed by atoms with Crippen LogP contribution in [0, 0.1) is 0 Å². The molecule has 4 N–H and O–H groups in total. The fourth-order valence-electron chi connectivity index (χ4n) is 1.13. The second-order valence-corrected chi connectivity index (χ2v) is 3.49. The van der Waals surface area contributed by atoms with Gasteiger partial charge in [0.25, 0.3) is 0 Å². The Morgan fingerprint density at radius 3 is 2.93 bits per heavy atom. The lowest BCUT2D eigenvalue weighted by molar-refractivity contribution is 0.283. The number of aromatic nitrogens is 2. The van der Waals surface area contributed by atoms with Crippen molar-refractivity contribution in [2.45, 2.75) is 19.3 Å². The maximum absolute atomic E-state index is 8.58. The number of nitrogens with one attached hydrogen (secondary N) is 1. The molecule has 0 spiro atoms. The molecule has 1 aromatic rings. The van der Waals surface area contributed by atoms with Gasteiger partial charge < -0.3 is 16.2 Å². The average Bonchev–Trinajstić information content (AvgIpc) is 2.23. The van der Waals surface area contributed by atoms with Crippen molar-refractivity contribution in [1.82, 2.24) is 9.97 Å². The predicted octanol–water partition coefficient (Wildman–Crippen LogP) is 1.29. The predicted molar refractivity (Wildman–Crippen MR) is 60.9 cm³/mol. The first-order chi connectivity index (χ1) is 7.24. The molecule has 84 valence electrons. The lowest BCUT2D eigenvalue weighted by Gasteiger charge is -2.07. The summed E-state index contributed by atoms with van der Waals surface area (Å²) >= 11 is 5.63. The number of nitrogens with two attached hydrogens (primary N) is 1. The number of aliphatic hydroxyl groups is 1. The minimum Gasteiger partial charge on any atom is -0.396 e. The summed E-state index contributed by atoms with van der Waals surface area (Å²) in [6.07, 6.45) is 4.23. The van der Waals surface area contributed by atoms with Crippen LogP contribution in [0.1, 0.15) is 19.3 Å². The zero-order valence-electron chi connectivity index (χ0n) is 8.41. The lowest BCUT2D eigenvalue weighted by atomic mass is 10.2. The van der Waals surface area contributed by atoms with E-state index in [1.165, 1.54) is 6.20 Å². The van der Waals surface area contributed by atoms with E-state index in [1.54, 1.807) is 0 Å². The molecule has 0 aromatic carbocycles. The third-order valence-electron chi connectivity index (χ3n) is 1.91. The smallest absolute Gasteiger partial charge is 0.224 e. The molecule has 1 aromatic heterocycles. The molecule has 6 heteroatoms. The van der Waals surface area contributed by atoms with Crippen molar-refractivity contribution in [3.05, 3.63) is 11.5 Å². The van der Waals surface area contributed by atoms with Crippen molar-refractivity contribution < 1.29 is 5.11 Å². The number of halogens is 1. The number of nitrogens with zero attached hydrogens (tertiary/aromatic N) is 2. The second kappa shape index (κ2) is 6.42. The van der Waals surface area contributed by atoms with Gasteiger partial charge in [-0.2, -0.15) is 4.98 Å². The van der Waals surface area contributed by atoms with E-state index in [0.717, 1.165) is 25.8 Å². The van der Waals surface area contributed by atoms with Gasteiger partial charge >= 0.3 is 0 Å². The molecular formula is C9H15ClN4O. The first kappa shape index (κ1) is 12.0. The summed E-state index contributed by atoms with van der Waals surface area (Å²) in [6.45, 7) is 0.999. The lowest BCUT2D eigenvalue weighted by Crippen LogP contribution is -2.07. The van der Waals surface area contributed by atoms with Crippen molar-refractivity contribution in [2.24, 2.45) is 0 Å². The van der Waals surface area contributed by atoms with Gasteiger partial charge in [-0.3, -0.25) is 0 Å². The largest absolute Gasteiger partial charge is 0.396 e. The number of rotatable bonds is 6. The van der Waals surface area contributed by atoms with Gasteiger partial charge in [-0.15, -0.1) is 0 Å². The highest BCUT2D eigenvalue weighted by atomic mass is 35.5. The summed E-state index contributed by atoms with van der Waals surface area (Å²) in [6, 6.07) is 0. The van der Waals surface area contributed by atoms with Crippen molar-refractivity contribution in [1.29, 1.82) is 0 Å². The van der Waals surface area contributed by atoms with Crippen LogP contribution in [-0.2, 0) is 0 Å². The highest BCUT2D eigenvalue weighted by molar-refractivity contribution is 6.28. The van der Waals surface area contributed by atoms with Crippen molar-refractivity contribution in [3.8, 4) is 0 Å². The van der Waals surface area contributed by atoms with Crippen molar-refractivity contribution in [2.75, 3.05) is 24.2 Å². The molecule has 0 aliphatic heterocycles. The zero-order chi connectivity index (χ0) is 11.1. The van der Waals surface area contributed by atoms with Crippen molar-refractivity contribution >= 4 is 23.1 Å². The number of nitrogen functional groups attached to an aromatic ring is 1. The van der Waals surface area contributed by atoms with Gasteiger partial charge in [0.2, 0.25) is 5.28 Å². The molecule has 0 atom stereocenters. The maximum atomic E-state index is 8.58. The van der Waals surface area contributed by atoms with Crippen LogP contribution < -0.4 is 11.1 Å². The standard InChI is InChI=1S/C9H15ClN4O/c10-9-13-6-7(11)8(14-9)12-4-2-1-3-5-15/h6,15H,1-5,11H2,(H,12,13,14). The normalized spacial score (nSPS) is 10.3. The van der Waals surface area contributed by atoms with Gasteiger partial charge in [0, 0.05) is 13.2 Å². The average molecular weight is 231 g/mol. The molecule has 0 amide bonds. The molecule has 0 bridgehead atoms. The number of unbranched alkanes of at least 4 members (excludes halogenated alkanes) is 2. The molecule has 1 heterocycles. The Kier molecular flexibility index (Phi) is 5.14. The number of hydrogen-bond acceptors (Lipinski definition) is 5. The molecule has 5 nitrogen and oxygen atoms in total. The molecule has 0 aliphatic carbocycles. The number of hydrogen-bond donors (Lipinski definition) is 3. The van der Waals surface area contributed by atoms with Crippen LogP contribution in [-0.4, -0.2) is 28.2 Å². The molecule has 0 fully saturated rings. The van der Waals surface area contributed by atoms with E-state index in [9.17, 15) is 0 Å². The third kappa shape index (κ3) is 4.31. The highest BCUT2D eigenvalue weighted by Crippen LogP contribution is 2.15. The zero-order valence-corrected chi connectivity index (χ0v) is 9.17. The quantitative estimate of drug-likeness (QED) is 0.507. The van der Waals surface area contributed by atoms with Gasteiger partial charge in [-0.25, -0.2) is 4.98 Å². The topological polar surface area (TPSA) is 84.1 Å². The van der Waals surface area contributed by atoms with Gasteiger partial charge in [-0.05, 0) is 30.9 Å². The summed E-state index contributed by atoms with van der Waals surface area (Å²) < 4.78 is 0. The summed E-state index contributed by atoms with van der Waals surface area (Å²) in [4.78, 5) is 7.71. The van der Waals surface area contributed by atoms with Gasteiger partial charge in [0.05, 0.1) is 11.9 Å². The minimum atomic E-state index is 0.182. The van der Waals surface area contributed by atoms with Gasteiger partial charge in [0.1, 0.15) is 0 Å². The summed E-state index contributed by atoms with van der Waals surface area (Å²) in [7, 11) is 0. The van der Waals surface area contributed by atoms with Crippen LogP contribution in [0.4, 0.5) is 11.5 Å². The van der Waals surface area contributed by atoms with E-state index in [1.807, 2.05) is 0 Å². The third-order valence-corrected chi connectivity index (χ3v) is 2.10. The van der Waals surface area contributed by atoms with Crippen LogP contribution in [0.3, 0.4) is 0 Å². The maximum Gasteiger partial charge on any atom is 0.224 e. The van der Waals surface area contributed by atoms with E-state index in [-0.39, 0.29) is 11.9 Å². The molecular weight excluding hydrogens is 216 g/mol. The summed E-state index contributed by atoms with van der Waals surface area (Å²) in [5, 5.41) is 11.8. The molecule has 1 rings (SSSR count). The molecule has 0 unspecified atom stereocenters. The second-order valence-electron chi connectivity index (χ2n) is 3.15. The van der Waals surface area contributed by atoms with Crippen LogP contribution in [0.25, 0.3) is 0 Å². The summed E-state index contributed by atoms with van der Waals surface area (Å²) in [5.41, 5.74) is 6.13. The van der Waals surface area contributed by atoms with Gasteiger partial charge in [-0.1, -0.05) is 0 Å².